The average Bonchev–Trinajstić information content (AvgIpc) is 2.64. The number of carbonyl (C=O) groups excluding carboxylic acids is 1. The number of ether oxygens (including phenoxy) is 1. The molecule has 4 nitrogen and oxygen atoms in total. The lowest BCUT2D eigenvalue weighted by molar-refractivity contribution is -0.120. The van der Waals surface area contributed by atoms with Gasteiger partial charge in [-0.1, -0.05) is 42.5 Å². The summed E-state index contributed by atoms with van der Waals surface area (Å²) in [6, 6.07) is 15.5. The van der Waals surface area contributed by atoms with Crippen LogP contribution in [0.25, 0.3) is 0 Å². The van der Waals surface area contributed by atoms with Gasteiger partial charge in [-0.05, 0) is 36.1 Å². The SMILES string of the molecule is NC(=O)C(NCC1(c2ccc(F)cc2)CCOCC1)c1ccccc1. The van der Waals surface area contributed by atoms with Crippen molar-refractivity contribution in [2.24, 2.45) is 5.73 Å². The van der Waals surface area contributed by atoms with Crippen LogP contribution in [0.15, 0.2) is 54.6 Å². The van der Waals surface area contributed by atoms with Crippen LogP contribution >= 0.6 is 0 Å². The molecule has 0 aromatic heterocycles. The van der Waals surface area contributed by atoms with E-state index < -0.39 is 11.9 Å². The zero-order valence-corrected chi connectivity index (χ0v) is 14.1. The van der Waals surface area contributed by atoms with Crippen LogP contribution in [0.5, 0.6) is 0 Å². The van der Waals surface area contributed by atoms with E-state index in [2.05, 4.69) is 5.32 Å². The number of nitrogens with two attached hydrogens (primary N) is 1. The molecule has 132 valence electrons. The van der Waals surface area contributed by atoms with Gasteiger partial charge in [0.25, 0.3) is 0 Å². The lowest BCUT2D eigenvalue weighted by Gasteiger charge is -2.39. The van der Waals surface area contributed by atoms with Crippen LogP contribution in [0.1, 0.15) is 30.0 Å². The van der Waals surface area contributed by atoms with Gasteiger partial charge in [0.05, 0.1) is 0 Å². The zero-order valence-electron chi connectivity index (χ0n) is 14.1. The Morgan fingerprint density at radius 1 is 1.12 bits per heavy atom. The van der Waals surface area contributed by atoms with Crippen molar-refractivity contribution in [2.75, 3.05) is 19.8 Å². The van der Waals surface area contributed by atoms with Gasteiger partial charge in [-0.15, -0.1) is 0 Å². The highest BCUT2D eigenvalue weighted by molar-refractivity contribution is 5.81. The van der Waals surface area contributed by atoms with E-state index in [1.807, 2.05) is 42.5 Å². The Hall–Kier alpha value is -2.24. The third-order valence-electron chi connectivity index (χ3n) is 4.97. The number of benzene rings is 2. The Morgan fingerprint density at radius 2 is 1.76 bits per heavy atom. The summed E-state index contributed by atoms with van der Waals surface area (Å²) in [6.45, 7) is 1.86. The number of primary amides is 1. The summed E-state index contributed by atoms with van der Waals surface area (Å²) < 4.78 is 18.8. The van der Waals surface area contributed by atoms with Crippen LogP contribution in [-0.4, -0.2) is 25.7 Å². The Kier molecular flexibility index (Phi) is 5.46. The van der Waals surface area contributed by atoms with Crippen molar-refractivity contribution in [1.29, 1.82) is 0 Å². The van der Waals surface area contributed by atoms with Gasteiger partial charge in [0.2, 0.25) is 5.91 Å². The molecule has 1 amide bonds. The quantitative estimate of drug-likeness (QED) is 0.848. The van der Waals surface area contributed by atoms with E-state index in [1.165, 1.54) is 12.1 Å². The fourth-order valence-electron chi connectivity index (χ4n) is 3.46. The predicted molar refractivity (Wildman–Crippen MR) is 94.5 cm³/mol. The minimum absolute atomic E-state index is 0.200. The van der Waals surface area contributed by atoms with Crippen LogP contribution in [0.2, 0.25) is 0 Å². The third-order valence-corrected chi connectivity index (χ3v) is 4.97. The average molecular weight is 342 g/mol. The summed E-state index contributed by atoms with van der Waals surface area (Å²) in [5.41, 5.74) is 7.31. The van der Waals surface area contributed by atoms with Gasteiger partial charge >= 0.3 is 0 Å². The van der Waals surface area contributed by atoms with E-state index in [0.29, 0.717) is 19.8 Å². The monoisotopic (exact) mass is 342 g/mol. The van der Waals surface area contributed by atoms with Crippen LogP contribution in [0.3, 0.4) is 0 Å². The topological polar surface area (TPSA) is 64.4 Å². The van der Waals surface area contributed by atoms with E-state index in [1.54, 1.807) is 0 Å². The minimum Gasteiger partial charge on any atom is -0.381 e. The summed E-state index contributed by atoms with van der Waals surface area (Å²) in [5, 5.41) is 3.34. The predicted octanol–water partition coefficient (Wildman–Crippen LogP) is 2.69. The molecule has 1 fully saturated rings. The van der Waals surface area contributed by atoms with Crippen molar-refractivity contribution in [3.63, 3.8) is 0 Å². The van der Waals surface area contributed by atoms with Crippen molar-refractivity contribution >= 4 is 5.91 Å². The molecular formula is C20H23FN2O2. The van der Waals surface area contributed by atoms with E-state index >= 15 is 0 Å². The summed E-state index contributed by atoms with van der Waals surface area (Å²) in [6.07, 6.45) is 1.62. The normalized spacial score (nSPS) is 17.8. The Balaban J connectivity index is 1.82. The molecule has 25 heavy (non-hydrogen) atoms. The molecule has 3 rings (SSSR count). The first-order valence-electron chi connectivity index (χ1n) is 8.52. The van der Waals surface area contributed by atoms with Gasteiger partial charge in [-0.2, -0.15) is 0 Å². The molecular weight excluding hydrogens is 319 g/mol. The molecule has 0 saturated carbocycles. The van der Waals surface area contributed by atoms with Crippen molar-refractivity contribution in [1.82, 2.24) is 5.32 Å². The van der Waals surface area contributed by atoms with E-state index in [0.717, 1.165) is 24.0 Å². The number of hydrogen-bond acceptors (Lipinski definition) is 3. The maximum absolute atomic E-state index is 13.3. The van der Waals surface area contributed by atoms with Crippen LogP contribution in [0.4, 0.5) is 4.39 Å². The molecule has 0 radical (unpaired) electrons. The summed E-state index contributed by atoms with van der Waals surface area (Å²) in [4.78, 5) is 11.9. The molecule has 3 N–H and O–H groups in total. The van der Waals surface area contributed by atoms with Gasteiger partial charge in [0.1, 0.15) is 11.9 Å². The second-order valence-corrected chi connectivity index (χ2v) is 6.53. The Morgan fingerprint density at radius 3 is 2.36 bits per heavy atom. The molecule has 1 heterocycles. The summed E-state index contributed by atoms with van der Waals surface area (Å²) in [5.74, 6) is -0.661. The molecule has 2 aromatic rings. The summed E-state index contributed by atoms with van der Waals surface area (Å²) in [7, 11) is 0. The number of halogens is 1. The Labute approximate surface area is 147 Å². The second-order valence-electron chi connectivity index (χ2n) is 6.53. The maximum atomic E-state index is 13.3. The van der Waals surface area contributed by atoms with E-state index in [9.17, 15) is 9.18 Å². The number of carbonyl (C=O) groups is 1. The fourth-order valence-corrected chi connectivity index (χ4v) is 3.46. The molecule has 5 heteroatoms. The van der Waals surface area contributed by atoms with Gasteiger partial charge < -0.3 is 15.8 Å². The number of rotatable bonds is 6. The molecule has 1 unspecified atom stereocenters. The van der Waals surface area contributed by atoms with Gasteiger partial charge in [0.15, 0.2) is 0 Å². The first-order chi connectivity index (χ1) is 12.1. The summed E-state index contributed by atoms with van der Waals surface area (Å²) >= 11 is 0. The highest BCUT2D eigenvalue weighted by Gasteiger charge is 2.35. The lowest BCUT2D eigenvalue weighted by Crippen LogP contribution is -2.46. The largest absolute Gasteiger partial charge is 0.381 e. The molecule has 1 saturated heterocycles. The second kappa shape index (κ2) is 7.76. The number of amides is 1. The highest BCUT2D eigenvalue weighted by atomic mass is 19.1. The standard InChI is InChI=1S/C20H23FN2O2/c21-17-8-6-16(7-9-17)20(10-12-25-13-11-20)14-23-18(19(22)24)15-4-2-1-3-5-15/h1-9,18,23H,10-14H2,(H2,22,24). The van der Waals surface area contributed by atoms with Crippen molar-refractivity contribution in [3.05, 3.63) is 71.5 Å². The van der Waals surface area contributed by atoms with E-state index in [-0.39, 0.29) is 11.2 Å². The number of nitrogens with one attached hydrogen (secondary N) is 1. The van der Waals surface area contributed by atoms with Crippen molar-refractivity contribution in [2.45, 2.75) is 24.3 Å². The van der Waals surface area contributed by atoms with Gasteiger partial charge in [-0.3, -0.25) is 4.79 Å². The lowest BCUT2D eigenvalue weighted by atomic mass is 9.74. The molecule has 1 aliphatic heterocycles. The molecule has 2 aromatic carbocycles. The highest BCUT2D eigenvalue weighted by Crippen LogP contribution is 2.35. The molecule has 0 spiro atoms. The van der Waals surface area contributed by atoms with Crippen LogP contribution in [-0.2, 0) is 14.9 Å². The van der Waals surface area contributed by atoms with Crippen molar-refractivity contribution < 1.29 is 13.9 Å². The van der Waals surface area contributed by atoms with E-state index in [4.69, 9.17) is 10.5 Å². The number of hydrogen-bond donors (Lipinski definition) is 2. The molecule has 1 aliphatic rings. The molecule has 0 bridgehead atoms. The van der Waals surface area contributed by atoms with Crippen molar-refractivity contribution in [3.8, 4) is 0 Å². The molecule has 0 aliphatic carbocycles. The fraction of sp³-hybridized carbons (Fsp3) is 0.350. The van der Waals surface area contributed by atoms with Crippen LogP contribution in [0, 0.1) is 5.82 Å². The Bertz CT molecular complexity index is 697. The molecule has 1 atom stereocenters. The first-order valence-corrected chi connectivity index (χ1v) is 8.52. The smallest absolute Gasteiger partial charge is 0.239 e. The van der Waals surface area contributed by atoms with Gasteiger partial charge in [-0.25, -0.2) is 4.39 Å². The zero-order chi connectivity index (χ0) is 17.7. The first kappa shape index (κ1) is 17.6. The minimum atomic E-state index is -0.554. The van der Waals surface area contributed by atoms with Crippen LogP contribution < -0.4 is 11.1 Å². The maximum Gasteiger partial charge on any atom is 0.239 e. The third kappa shape index (κ3) is 4.06. The van der Waals surface area contributed by atoms with Gasteiger partial charge in [0, 0.05) is 25.2 Å².